The van der Waals surface area contributed by atoms with E-state index >= 15 is 0 Å². The summed E-state index contributed by atoms with van der Waals surface area (Å²) in [5, 5.41) is 0. The molecule has 1 saturated heterocycles. The van der Waals surface area contributed by atoms with E-state index in [2.05, 4.69) is 11.0 Å². The Morgan fingerprint density at radius 2 is 1.78 bits per heavy atom. The zero-order chi connectivity index (χ0) is 18.6. The number of hydrogen-bond acceptors (Lipinski definition) is 4. The van der Waals surface area contributed by atoms with E-state index in [9.17, 15) is 9.59 Å². The molecule has 2 fully saturated rings. The zero-order valence-corrected chi connectivity index (χ0v) is 15.9. The highest BCUT2D eigenvalue weighted by Gasteiger charge is 2.27. The monoisotopic (exact) mass is 371 g/mol. The standard InChI is InChI=1S/C21H29N3O3/c25-20(24-9-3-5-18-4-1-2-6-19(18)24)14-22-10-12-23(13-11-22)21(26)16-27-15-17-7-8-17/h1-2,4,6,17H,3,5,7-16H2. The number of aryl methyl sites for hydroxylation is 1. The van der Waals surface area contributed by atoms with Gasteiger partial charge in [0.2, 0.25) is 11.8 Å². The fourth-order valence-electron chi connectivity index (χ4n) is 3.91. The van der Waals surface area contributed by atoms with Gasteiger partial charge in [-0.2, -0.15) is 0 Å². The number of anilines is 1. The van der Waals surface area contributed by atoms with Gasteiger partial charge >= 0.3 is 0 Å². The van der Waals surface area contributed by atoms with Crippen molar-refractivity contribution in [2.24, 2.45) is 5.92 Å². The number of rotatable bonds is 6. The lowest BCUT2D eigenvalue weighted by atomic mass is 10.0. The van der Waals surface area contributed by atoms with Gasteiger partial charge < -0.3 is 14.5 Å². The number of hydrogen-bond donors (Lipinski definition) is 0. The molecule has 1 aromatic carbocycles. The first-order chi connectivity index (χ1) is 13.2. The highest BCUT2D eigenvalue weighted by molar-refractivity contribution is 5.96. The summed E-state index contributed by atoms with van der Waals surface area (Å²) in [6.07, 6.45) is 4.54. The second-order valence-electron chi connectivity index (χ2n) is 7.89. The van der Waals surface area contributed by atoms with Crippen molar-refractivity contribution < 1.29 is 14.3 Å². The second kappa shape index (κ2) is 8.40. The molecular weight excluding hydrogens is 342 g/mol. The molecule has 146 valence electrons. The summed E-state index contributed by atoms with van der Waals surface area (Å²) >= 11 is 0. The summed E-state index contributed by atoms with van der Waals surface area (Å²) in [6.45, 7) is 4.98. The molecular formula is C21H29N3O3. The van der Waals surface area contributed by atoms with Gasteiger partial charge in [-0.05, 0) is 43.2 Å². The Morgan fingerprint density at radius 1 is 1.00 bits per heavy atom. The predicted octanol–water partition coefficient (Wildman–Crippen LogP) is 1.54. The SMILES string of the molecule is O=C(COCC1CC1)N1CCN(CC(=O)N2CCCc3ccccc32)CC1. The smallest absolute Gasteiger partial charge is 0.248 e. The maximum Gasteiger partial charge on any atom is 0.248 e. The molecule has 0 N–H and O–H groups in total. The van der Waals surface area contributed by atoms with E-state index < -0.39 is 0 Å². The van der Waals surface area contributed by atoms with E-state index in [1.165, 1.54) is 18.4 Å². The van der Waals surface area contributed by atoms with Gasteiger partial charge in [0.15, 0.2) is 0 Å². The van der Waals surface area contributed by atoms with Crippen LogP contribution in [0.5, 0.6) is 0 Å². The Bertz CT molecular complexity index is 681. The largest absolute Gasteiger partial charge is 0.371 e. The number of ether oxygens (including phenoxy) is 1. The van der Waals surface area contributed by atoms with Crippen LogP contribution in [0, 0.1) is 5.92 Å². The van der Waals surface area contributed by atoms with Crippen LogP contribution in [0.1, 0.15) is 24.8 Å². The Morgan fingerprint density at radius 3 is 2.56 bits per heavy atom. The van der Waals surface area contributed by atoms with Gasteiger partial charge in [-0.3, -0.25) is 14.5 Å². The number of benzene rings is 1. The molecule has 4 rings (SSSR count). The summed E-state index contributed by atoms with van der Waals surface area (Å²) in [4.78, 5) is 31.0. The molecule has 0 spiro atoms. The van der Waals surface area contributed by atoms with Crippen molar-refractivity contribution in [3.8, 4) is 0 Å². The first kappa shape index (κ1) is 18.4. The lowest BCUT2D eigenvalue weighted by Gasteiger charge is -2.36. The van der Waals surface area contributed by atoms with Crippen LogP contribution in [0.3, 0.4) is 0 Å². The fourth-order valence-corrected chi connectivity index (χ4v) is 3.91. The van der Waals surface area contributed by atoms with Gasteiger partial charge in [-0.1, -0.05) is 18.2 Å². The van der Waals surface area contributed by atoms with Crippen LogP contribution in [0.4, 0.5) is 5.69 Å². The molecule has 27 heavy (non-hydrogen) atoms. The van der Waals surface area contributed by atoms with Crippen molar-refractivity contribution in [1.29, 1.82) is 0 Å². The number of para-hydroxylation sites is 1. The minimum atomic E-state index is 0.0755. The van der Waals surface area contributed by atoms with Gasteiger partial charge in [0.05, 0.1) is 13.2 Å². The van der Waals surface area contributed by atoms with Crippen molar-refractivity contribution in [2.75, 3.05) is 57.4 Å². The summed E-state index contributed by atoms with van der Waals surface area (Å²) in [5.41, 5.74) is 2.33. The van der Waals surface area contributed by atoms with Crippen LogP contribution in [0.15, 0.2) is 24.3 Å². The molecule has 2 amide bonds. The Labute approximate surface area is 161 Å². The summed E-state index contributed by atoms with van der Waals surface area (Å²) in [5.74, 6) is 0.918. The third kappa shape index (κ3) is 4.68. The van der Waals surface area contributed by atoms with Crippen molar-refractivity contribution in [2.45, 2.75) is 25.7 Å². The highest BCUT2D eigenvalue weighted by atomic mass is 16.5. The first-order valence-corrected chi connectivity index (χ1v) is 10.2. The summed E-state index contributed by atoms with van der Waals surface area (Å²) in [7, 11) is 0. The number of carbonyl (C=O) groups is 2. The average molecular weight is 371 g/mol. The number of carbonyl (C=O) groups excluding carboxylic acids is 2. The third-order valence-corrected chi connectivity index (χ3v) is 5.77. The molecule has 1 aromatic rings. The van der Waals surface area contributed by atoms with Crippen LogP contribution >= 0.6 is 0 Å². The first-order valence-electron chi connectivity index (χ1n) is 10.2. The van der Waals surface area contributed by atoms with Gasteiger partial charge in [0, 0.05) is 38.4 Å². The maximum atomic E-state index is 12.8. The van der Waals surface area contributed by atoms with Crippen LogP contribution in [-0.4, -0.2) is 74.1 Å². The highest BCUT2D eigenvalue weighted by Crippen LogP contribution is 2.29. The zero-order valence-electron chi connectivity index (χ0n) is 15.9. The van der Waals surface area contributed by atoms with Crippen molar-refractivity contribution in [3.63, 3.8) is 0 Å². The van der Waals surface area contributed by atoms with E-state index in [0.717, 1.165) is 44.8 Å². The lowest BCUT2D eigenvalue weighted by molar-refractivity contribution is -0.138. The Kier molecular flexibility index (Phi) is 5.74. The molecule has 2 aliphatic heterocycles. The minimum Gasteiger partial charge on any atom is -0.371 e. The maximum absolute atomic E-state index is 12.8. The molecule has 3 aliphatic rings. The van der Waals surface area contributed by atoms with Gasteiger partial charge in [-0.25, -0.2) is 0 Å². The van der Waals surface area contributed by atoms with E-state index in [1.54, 1.807) is 0 Å². The second-order valence-corrected chi connectivity index (χ2v) is 7.89. The van der Waals surface area contributed by atoms with Crippen LogP contribution < -0.4 is 4.90 Å². The molecule has 6 nitrogen and oxygen atoms in total. The van der Waals surface area contributed by atoms with Crippen molar-refractivity contribution in [3.05, 3.63) is 29.8 Å². The molecule has 6 heteroatoms. The number of piperazine rings is 1. The van der Waals surface area contributed by atoms with Crippen molar-refractivity contribution in [1.82, 2.24) is 9.80 Å². The topological polar surface area (TPSA) is 53.1 Å². The molecule has 0 aromatic heterocycles. The Balaban J connectivity index is 1.23. The van der Waals surface area contributed by atoms with E-state index in [0.29, 0.717) is 25.6 Å². The van der Waals surface area contributed by atoms with Gasteiger partial charge in [0.25, 0.3) is 0 Å². The third-order valence-electron chi connectivity index (χ3n) is 5.77. The number of nitrogens with zero attached hydrogens (tertiary/aromatic N) is 3. The lowest BCUT2D eigenvalue weighted by Crippen LogP contribution is -2.52. The molecule has 1 saturated carbocycles. The van der Waals surface area contributed by atoms with E-state index in [4.69, 9.17) is 4.74 Å². The van der Waals surface area contributed by atoms with Gasteiger partial charge in [0.1, 0.15) is 6.61 Å². The molecule has 1 aliphatic carbocycles. The summed E-state index contributed by atoms with van der Waals surface area (Å²) < 4.78 is 5.51. The van der Waals surface area contributed by atoms with Crippen LogP contribution in [0.25, 0.3) is 0 Å². The normalized spacial score (nSPS) is 20.4. The Hall–Kier alpha value is -1.92. The molecule has 0 unspecified atom stereocenters. The molecule has 0 radical (unpaired) electrons. The predicted molar refractivity (Wildman–Crippen MR) is 104 cm³/mol. The van der Waals surface area contributed by atoms with Crippen LogP contribution in [-0.2, 0) is 20.7 Å². The number of amides is 2. The quantitative estimate of drug-likeness (QED) is 0.761. The molecule has 0 atom stereocenters. The van der Waals surface area contributed by atoms with E-state index in [-0.39, 0.29) is 18.4 Å². The molecule has 0 bridgehead atoms. The van der Waals surface area contributed by atoms with Crippen molar-refractivity contribution >= 4 is 17.5 Å². The molecule has 2 heterocycles. The number of fused-ring (bicyclic) bond motifs is 1. The van der Waals surface area contributed by atoms with E-state index in [1.807, 2.05) is 28.0 Å². The summed E-state index contributed by atoms with van der Waals surface area (Å²) in [6, 6.07) is 8.20. The van der Waals surface area contributed by atoms with Gasteiger partial charge in [-0.15, -0.1) is 0 Å². The average Bonchev–Trinajstić information content (AvgIpc) is 3.52. The fraction of sp³-hybridized carbons (Fsp3) is 0.619. The minimum absolute atomic E-state index is 0.0755. The van der Waals surface area contributed by atoms with Crippen LogP contribution in [0.2, 0.25) is 0 Å².